The maximum Gasteiger partial charge on any atom is 0.307 e. The molecule has 10 heteroatoms. The first-order valence-electron chi connectivity index (χ1n) is 7.98. The lowest BCUT2D eigenvalue weighted by Crippen LogP contribution is -2.21. The monoisotopic (exact) mass is 461 g/mol. The quantitative estimate of drug-likeness (QED) is 0.470. The predicted octanol–water partition coefficient (Wildman–Crippen LogP) is 4.06. The molecule has 1 N–H and O–H groups in total. The van der Waals surface area contributed by atoms with Gasteiger partial charge in [-0.15, -0.1) is 11.8 Å². The molecule has 0 unspecified atom stereocenters. The van der Waals surface area contributed by atoms with Crippen molar-refractivity contribution < 1.29 is 22.7 Å². The zero-order valence-corrected chi connectivity index (χ0v) is 17.9. The first kappa shape index (κ1) is 22.5. The maximum atomic E-state index is 11.9. The van der Waals surface area contributed by atoms with Crippen molar-refractivity contribution in [2.75, 3.05) is 23.9 Å². The molecule has 0 aliphatic rings. The molecule has 28 heavy (non-hydrogen) atoms. The van der Waals surface area contributed by atoms with E-state index in [1.165, 1.54) is 30.0 Å². The van der Waals surface area contributed by atoms with Crippen molar-refractivity contribution in [1.29, 1.82) is 0 Å². The minimum Gasteiger partial charge on any atom is -0.456 e. The van der Waals surface area contributed by atoms with Gasteiger partial charge in [0.15, 0.2) is 16.4 Å². The number of hydrogen-bond donors (Lipinski definition) is 1. The average Bonchev–Trinajstić information content (AvgIpc) is 2.62. The number of thioether (sulfide) groups is 1. The van der Waals surface area contributed by atoms with Crippen molar-refractivity contribution in [2.24, 2.45) is 0 Å². The fraction of sp³-hybridized carbons (Fsp3) is 0.222. The van der Waals surface area contributed by atoms with Gasteiger partial charge in [0.1, 0.15) is 0 Å². The minimum absolute atomic E-state index is 0.0171. The molecular formula is C18H17Cl2NO5S2. The summed E-state index contributed by atoms with van der Waals surface area (Å²) in [6, 6.07) is 11.2. The molecule has 0 atom stereocenters. The van der Waals surface area contributed by atoms with E-state index in [4.69, 9.17) is 27.9 Å². The van der Waals surface area contributed by atoms with Crippen molar-refractivity contribution >= 4 is 62.4 Å². The molecule has 0 bridgehead atoms. The van der Waals surface area contributed by atoms with Gasteiger partial charge in [0.05, 0.1) is 22.0 Å². The van der Waals surface area contributed by atoms with Crippen LogP contribution in [-0.4, -0.2) is 38.9 Å². The summed E-state index contributed by atoms with van der Waals surface area (Å²) in [5, 5.41) is 3.24. The Morgan fingerprint density at radius 3 is 2.43 bits per heavy atom. The Balaban J connectivity index is 1.79. The summed E-state index contributed by atoms with van der Waals surface area (Å²) >= 11 is 13.2. The van der Waals surface area contributed by atoms with Crippen molar-refractivity contribution in [1.82, 2.24) is 0 Å². The maximum absolute atomic E-state index is 11.9. The number of benzene rings is 2. The topological polar surface area (TPSA) is 89.5 Å². The second-order valence-electron chi connectivity index (χ2n) is 5.68. The lowest BCUT2D eigenvalue weighted by Gasteiger charge is -2.09. The van der Waals surface area contributed by atoms with Gasteiger partial charge in [0, 0.05) is 21.9 Å². The molecule has 0 fully saturated rings. The van der Waals surface area contributed by atoms with E-state index in [1.54, 1.807) is 12.1 Å². The third-order valence-corrected chi connectivity index (χ3v) is 6.10. The van der Waals surface area contributed by atoms with Crippen molar-refractivity contribution in [3.8, 4) is 0 Å². The Kier molecular flexibility index (Phi) is 8.18. The first-order chi connectivity index (χ1) is 13.1. The molecule has 0 radical (unpaired) electrons. The van der Waals surface area contributed by atoms with Crippen LogP contribution in [0.5, 0.6) is 0 Å². The lowest BCUT2D eigenvalue weighted by atomic mass is 10.3. The number of nitrogens with one attached hydrogen (secondary N) is 1. The molecule has 0 heterocycles. The van der Waals surface area contributed by atoms with Crippen LogP contribution < -0.4 is 5.32 Å². The molecule has 2 rings (SSSR count). The SMILES string of the molecule is CS(=O)(=O)c1ccc(Cl)c(NC(=O)COC(=O)CCSc2ccc(Cl)cc2)c1. The van der Waals surface area contributed by atoms with Gasteiger partial charge < -0.3 is 10.1 Å². The molecule has 0 aliphatic carbocycles. The molecule has 150 valence electrons. The number of anilines is 1. The van der Waals surface area contributed by atoms with Gasteiger partial charge in [-0.05, 0) is 42.5 Å². The zero-order chi connectivity index (χ0) is 20.7. The Bertz CT molecular complexity index is 962. The average molecular weight is 462 g/mol. The highest BCUT2D eigenvalue weighted by Gasteiger charge is 2.13. The van der Waals surface area contributed by atoms with Crippen LogP contribution >= 0.6 is 35.0 Å². The van der Waals surface area contributed by atoms with Gasteiger partial charge in [0.25, 0.3) is 5.91 Å². The number of amides is 1. The van der Waals surface area contributed by atoms with E-state index in [-0.39, 0.29) is 22.0 Å². The van der Waals surface area contributed by atoms with E-state index >= 15 is 0 Å². The molecule has 1 amide bonds. The van der Waals surface area contributed by atoms with Crippen LogP contribution in [0.2, 0.25) is 10.0 Å². The number of sulfone groups is 1. The van der Waals surface area contributed by atoms with Gasteiger partial charge in [-0.25, -0.2) is 8.42 Å². The standard InChI is InChI=1S/C18H17Cl2NO5S2/c1-28(24,25)14-6-7-15(20)16(10-14)21-17(22)11-26-18(23)8-9-27-13-4-2-12(19)3-5-13/h2-7,10H,8-9,11H2,1H3,(H,21,22). The summed E-state index contributed by atoms with van der Waals surface area (Å²) in [7, 11) is -3.44. The Morgan fingerprint density at radius 1 is 1.11 bits per heavy atom. The van der Waals surface area contributed by atoms with Crippen LogP contribution in [0.3, 0.4) is 0 Å². The molecule has 0 saturated carbocycles. The predicted molar refractivity (Wildman–Crippen MR) is 111 cm³/mol. The van der Waals surface area contributed by atoms with Crippen LogP contribution in [0.1, 0.15) is 6.42 Å². The number of esters is 1. The Morgan fingerprint density at radius 2 is 1.79 bits per heavy atom. The number of hydrogen-bond acceptors (Lipinski definition) is 6. The summed E-state index contributed by atoms with van der Waals surface area (Å²) in [6.45, 7) is -0.496. The fourth-order valence-corrected chi connectivity index (χ4v) is 3.79. The van der Waals surface area contributed by atoms with Crippen LogP contribution in [0.4, 0.5) is 5.69 Å². The Labute approximate surface area is 177 Å². The smallest absolute Gasteiger partial charge is 0.307 e. The van der Waals surface area contributed by atoms with Crippen molar-refractivity contribution in [3.63, 3.8) is 0 Å². The van der Waals surface area contributed by atoms with E-state index in [1.807, 2.05) is 12.1 Å². The molecule has 0 aliphatic heterocycles. The Hall–Kier alpha value is -1.74. The largest absolute Gasteiger partial charge is 0.456 e. The normalized spacial score (nSPS) is 11.1. The third-order valence-electron chi connectivity index (χ3n) is 3.39. The number of ether oxygens (including phenoxy) is 1. The first-order valence-corrected chi connectivity index (χ1v) is 11.6. The molecule has 6 nitrogen and oxygen atoms in total. The summed E-state index contributed by atoms with van der Waals surface area (Å²) in [4.78, 5) is 24.7. The van der Waals surface area contributed by atoms with Gasteiger partial charge in [-0.1, -0.05) is 23.2 Å². The van der Waals surface area contributed by atoms with Gasteiger partial charge >= 0.3 is 5.97 Å². The van der Waals surface area contributed by atoms with Crippen LogP contribution in [-0.2, 0) is 24.2 Å². The number of halogens is 2. The highest BCUT2D eigenvalue weighted by Crippen LogP contribution is 2.25. The summed E-state index contributed by atoms with van der Waals surface area (Å²) in [5.41, 5.74) is 0.129. The second-order valence-corrected chi connectivity index (χ2v) is 9.70. The minimum atomic E-state index is -3.44. The van der Waals surface area contributed by atoms with Crippen LogP contribution in [0.25, 0.3) is 0 Å². The third kappa shape index (κ3) is 7.35. The highest BCUT2D eigenvalue weighted by atomic mass is 35.5. The van der Waals surface area contributed by atoms with E-state index in [0.29, 0.717) is 10.8 Å². The van der Waals surface area contributed by atoms with Gasteiger partial charge in [-0.2, -0.15) is 0 Å². The summed E-state index contributed by atoms with van der Waals surface area (Å²) < 4.78 is 28.1. The molecule has 0 saturated heterocycles. The molecule has 0 aromatic heterocycles. The van der Waals surface area contributed by atoms with E-state index in [0.717, 1.165) is 11.2 Å². The number of carbonyl (C=O) groups is 2. The molecular weight excluding hydrogens is 445 g/mol. The molecule has 2 aromatic rings. The zero-order valence-electron chi connectivity index (χ0n) is 14.8. The van der Waals surface area contributed by atoms with Gasteiger partial charge in [0.2, 0.25) is 0 Å². The van der Waals surface area contributed by atoms with Gasteiger partial charge in [-0.3, -0.25) is 9.59 Å². The van der Waals surface area contributed by atoms with E-state index in [9.17, 15) is 18.0 Å². The molecule has 0 spiro atoms. The van der Waals surface area contributed by atoms with E-state index < -0.39 is 28.3 Å². The fourth-order valence-electron chi connectivity index (χ4n) is 2.02. The highest BCUT2D eigenvalue weighted by molar-refractivity contribution is 7.99. The molecule has 2 aromatic carbocycles. The number of carbonyl (C=O) groups excluding carboxylic acids is 2. The second kappa shape index (κ2) is 10.2. The van der Waals surface area contributed by atoms with E-state index in [2.05, 4.69) is 5.32 Å². The van der Waals surface area contributed by atoms with Crippen LogP contribution in [0, 0.1) is 0 Å². The van der Waals surface area contributed by atoms with Crippen molar-refractivity contribution in [3.05, 3.63) is 52.5 Å². The summed E-state index contributed by atoms with van der Waals surface area (Å²) in [6.07, 6.45) is 1.18. The number of rotatable bonds is 8. The van der Waals surface area contributed by atoms with Crippen LogP contribution in [0.15, 0.2) is 52.3 Å². The van der Waals surface area contributed by atoms with Crippen molar-refractivity contribution in [2.45, 2.75) is 16.2 Å². The summed E-state index contributed by atoms with van der Waals surface area (Å²) in [5.74, 6) is -0.650. The lowest BCUT2D eigenvalue weighted by molar-refractivity contribution is -0.146.